The first kappa shape index (κ1) is 15.7. The Balaban J connectivity index is 2.66. The van der Waals surface area contributed by atoms with E-state index in [1.165, 1.54) is 25.1 Å². The van der Waals surface area contributed by atoms with Gasteiger partial charge < -0.3 is 16.8 Å². The number of amides is 1. The zero-order valence-electron chi connectivity index (χ0n) is 19.9. The zero-order valence-corrected chi connectivity index (χ0v) is 16.4. The van der Waals surface area contributed by atoms with Crippen LogP contribution in [0.15, 0.2) is 30.3 Å². The molecule has 0 spiro atoms. The van der Waals surface area contributed by atoms with E-state index in [0.717, 1.165) is 12.1 Å². The Labute approximate surface area is 180 Å². The Morgan fingerprint density at radius 3 is 2.61 bits per heavy atom. The van der Waals surface area contributed by atoms with Crippen molar-refractivity contribution in [2.24, 2.45) is 5.73 Å². The zero-order chi connectivity index (χ0) is 25.3. The molecule has 2 rings (SSSR count). The monoisotopic (exact) mass is 430 g/mol. The molecule has 0 aliphatic rings. The summed E-state index contributed by atoms with van der Waals surface area (Å²) in [6, 6.07) is 3.56. The standard InChI is InChI=1S/C20H22Cl2FN3O2/c1-3-16(26-10(2)8-17(25)27)12-5-6-13(21)18(19(12)23)20(28)11-4-7-15(24)14(22)9-11/h4-7,9-10,16,26H,3,8,24H2,1-2H3,(H2,25,27)/t10-,16-/m1/s1/i1D3,3D2. The lowest BCUT2D eigenvalue weighted by molar-refractivity contribution is -0.118. The van der Waals surface area contributed by atoms with E-state index in [2.05, 4.69) is 5.32 Å². The fraction of sp³-hybridized carbons (Fsp3) is 0.300. The van der Waals surface area contributed by atoms with E-state index in [4.69, 9.17) is 41.5 Å². The first-order valence-corrected chi connectivity index (χ1v) is 8.95. The second-order valence-corrected chi connectivity index (χ2v) is 7.02. The summed E-state index contributed by atoms with van der Waals surface area (Å²) in [4.78, 5) is 24.3. The number of nitrogens with two attached hydrogens (primary N) is 2. The van der Waals surface area contributed by atoms with Crippen LogP contribution < -0.4 is 16.8 Å². The second kappa shape index (κ2) is 9.37. The van der Waals surface area contributed by atoms with Crippen LogP contribution in [0.4, 0.5) is 10.1 Å². The van der Waals surface area contributed by atoms with Crippen molar-refractivity contribution >= 4 is 40.6 Å². The van der Waals surface area contributed by atoms with E-state index >= 15 is 4.39 Å². The minimum absolute atomic E-state index is 0.0300. The topological polar surface area (TPSA) is 98.2 Å². The minimum Gasteiger partial charge on any atom is -0.398 e. The van der Waals surface area contributed by atoms with E-state index in [-0.39, 0.29) is 27.7 Å². The minimum atomic E-state index is -3.18. The SMILES string of the molecule is [2H]C([2H])([2H])C([2H])([2H])[C@@H](N[C@H](C)CC(N)=O)c1ccc(Cl)c(C(=O)c2ccc(N)c(Cl)c2)c1F. The van der Waals surface area contributed by atoms with Gasteiger partial charge in [0.05, 0.1) is 21.3 Å². The van der Waals surface area contributed by atoms with Gasteiger partial charge in [-0.3, -0.25) is 9.59 Å². The predicted molar refractivity (Wildman–Crippen MR) is 110 cm³/mol. The van der Waals surface area contributed by atoms with Crippen molar-refractivity contribution in [1.29, 1.82) is 0 Å². The van der Waals surface area contributed by atoms with Crippen LogP contribution in [0.5, 0.6) is 0 Å². The lowest BCUT2D eigenvalue weighted by Crippen LogP contribution is -2.34. The molecule has 150 valence electrons. The average Bonchev–Trinajstić information content (AvgIpc) is 2.67. The third-order valence-corrected chi connectivity index (χ3v) is 4.67. The lowest BCUT2D eigenvalue weighted by atomic mass is 9.95. The predicted octanol–water partition coefficient (Wildman–Crippen LogP) is 4.25. The lowest BCUT2D eigenvalue weighted by Gasteiger charge is -2.23. The van der Waals surface area contributed by atoms with Crippen LogP contribution in [-0.2, 0) is 4.79 Å². The van der Waals surface area contributed by atoms with Crippen molar-refractivity contribution in [1.82, 2.24) is 5.32 Å². The van der Waals surface area contributed by atoms with Crippen molar-refractivity contribution in [2.45, 2.75) is 38.7 Å². The first-order valence-electron chi connectivity index (χ1n) is 10.7. The number of ketones is 1. The van der Waals surface area contributed by atoms with E-state index in [9.17, 15) is 9.59 Å². The van der Waals surface area contributed by atoms with Gasteiger partial charge in [-0.2, -0.15) is 0 Å². The fourth-order valence-electron chi connectivity index (χ4n) is 2.67. The Morgan fingerprint density at radius 1 is 1.29 bits per heavy atom. The molecule has 28 heavy (non-hydrogen) atoms. The third-order valence-electron chi connectivity index (χ3n) is 4.02. The highest BCUT2D eigenvalue weighted by molar-refractivity contribution is 6.36. The van der Waals surface area contributed by atoms with Gasteiger partial charge in [-0.1, -0.05) is 36.1 Å². The van der Waals surface area contributed by atoms with Crippen LogP contribution in [0.2, 0.25) is 10.0 Å². The molecule has 0 aromatic heterocycles. The molecule has 0 saturated carbocycles. The van der Waals surface area contributed by atoms with Crippen molar-refractivity contribution < 1.29 is 20.8 Å². The molecule has 2 aromatic carbocycles. The molecule has 2 atom stereocenters. The number of benzene rings is 2. The van der Waals surface area contributed by atoms with E-state index in [1.807, 2.05) is 0 Å². The van der Waals surface area contributed by atoms with Crippen LogP contribution >= 0.6 is 23.2 Å². The number of primary amides is 1. The number of carbonyl (C=O) groups excluding carboxylic acids is 2. The molecule has 1 amide bonds. The molecule has 0 bridgehead atoms. The molecule has 0 aliphatic carbocycles. The Morgan fingerprint density at radius 2 is 2.00 bits per heavy atom. The molecule has 0 saturated heterocycles. The summed E-state index contributed by atoms with van der Waals surface area (Å²) in [7, 11) is 0. The van der Waals surface area contributed by atoms with Crippen LogP contribution in [-0.4, -0.2) is 17.7 Å². The molecule has 0 aliphatic heterocycles. The molecule has 0 unspecified atom stereocenters. The maximum atomic E-state index is 15.7. The Kier molecular flexibility index (Phi) is 5.26. The van der Waals surface area contributed by atoms with E-state index in [0.29, 0.717) is 0 Å². The van der Waals surface area contributed by atoms with Crippen LogP contribution in [0.3, 0.4) is 0 Å². The summed E-state index contributed by atoms with van der Waals surface area (Å²) in [6.45, 7) is -1.72. The molecule has 5 N–H and O–H groups in total. The molecular weight excluding hydrogens is 404 g/mol. The van der Waals surface area contributed by atoms with Crippen molar-refractivity contribution in [3.05, 3.63) is 62.9 Å². The smallest absolute Gasteiger partial charge is 0.218 e. The van der Waals surface area contributed by atoms with Crippen molar-refractivity contribution in [2.75, 3.05) is 5.73 Å². The Hall–Kier alpha value is -2.15. The van der Waals surface area contributed by atoms with Gasteiger partial charge in [0.2, 0.25) is 5.91 Å². The van der Waals surface area contributed by atoms with Crippen LogP contribution in [0, 0.1) is 5.82 Å². The summed E-state index contributed by atoms with van der Waals surface area (Å²) in [5, 5.41) is 2.42. The van der Waals surface area contributed by atoms with Crippen molar-refractivity contribution in [3.63, 3.8) is 0 Å². The van der Waals surface area contributed by atoms with Gasteiger partial charge in [-0.05, 0) is 37.6 Å². The third kappa shape index (κ3) is 5.01. The van der Waals surface area contributed by atoms with Gasteiger partial charge in [-0.15, -0.1) is 0 Å². The highest BCUT2D eigenvalue weighted by atomic mass is 35.5. The number of hydrogen-bond donors (Lipinski definition) is 3. The summed E-state index contributed by atoms with van der Waals surface area (Å²) in [5.74, 6) is -2.80. The van der Waals surface area contributed by atoms with Gasteiger partial charge in [0, 0.05) is 36.5 Å². The number of anilines is 1. The normalized spacial score (nSPS) is 16.8. The first-order chi connectivity index (χ1) is 15.1. The molecule has 0 heterocycles. The molecule has 5 nitrogen and oxygen atoms in total. The number of carbonyl (C=O) groups is 2. The van der Waals surface area contributed by atoms with Crippen LogP contribution in [0.25, 0.3) is 0 Å². The largest absolute Gasteiger partial charge is 0.398 e. The quantitative estimate of drug-likeness (QED) is 0.430. The second-order valence-electron chi connectivity index (χ2n) is 6.21. The van der Waals surface area contributed by atoms with E-state index < -0.39 is 53.9 Å². The highest BCUT2D eigenvalue weighted by Gasteiger charge is 2.25. The Bertz CT molecular complexity index is 1080. The fourth-order valence-corrected chi connectivity index (χ4v) is 3.08. The average molecular weight is 431 g/mol. The molecular formula is C20H22Cl2FN3O2. The summed E-state index contributed by atoms with van der Waals surface area (Å²) >= 11 is 12.0. The molecule has 8 heteroatoms. The van der Waals surface area contributed by atoms with Gasteiger partial charge >= 0.3 is 0 Å². The number of nitrogen functional groups attached to an aromatic ring is 1. The maximum Gasteiger partial charge on any atom is 0.218 e. The van der Waals surface area contributed by atoms with Gasteiger partial charge in [0.1, 0.15) is 5.82 Å². The van der Waals surface area contributed by atoms with E-state index in [1.54, 1.807) is 0 Å². The maximum absolute atomic E-state index is 15.7. The number of nitrogens with one attached hydrogen (secondary N) is 1. The molecule has 2 aromatic rings. The van der Waals surface area contributed by atoms with Crippen LogP contribution in [0.1, 0.15) is 60.9 Å². The summed E-state index contributed by atoms with van der Waals surface area (Å²) < 4.78 is 54.9. The van der Waals surface area contributed by atoms with Gasteiger partial charge in [0.25, 0.3) is 0 Å². The summed E-state index contributed by atoms with van der Waals surface area (Å²) in [6.07, 6.45) is -3.27. The molecule has 0 radical (unpaired) electrons. The van der Waals surface area contributed by atoms with Gasteiger partial charge in [0.15, 0.2) is 5.78 Å². The molecule has 0 fully saturated rings. The van der Waals surface area contributed by atoms with Gasteiger partial charge in [-0.25, -0.2) is 4.39 Å². The van der Waals surface area contributed by atoms with Crippen molar-refractivity contribution in [3.8, 4) is 0 Å². The summed E-state index contributed by atoms with van der Waals surface area (Å²) in [5.41, 5.74) is 9.93. The number of halogens is 3. The highest BCUT2D eigenvalue weighted by Crippen LogP contribution is 2.31. The number of hydrogen-bond acceptors (Lipinski definition) is 4. The number of rotatable bonds is 8.